The monoisotopic (exact) mass is 333 g/mol. The SMILES string of the molecule is [C-]#[N+]CC(O)c1cc(Br)cc(Br)c1OC. The zero-order valence-corrected chi connectivity index (χ0v) is 11.2. The largest absolute Gasteiger partial charge is 0.495 e. The first kappa shape index (κ1) is 12.5. The fourth-order valence-electron chi connectivity index (χ4n) is 1.23. The van der Waals surface area contributed by atoms with Gasteiger partial charge in [0.05, 0.1) is 11.6 Å². The summed E-state index contributed by atoms with van der Waals surface area (Å²) >= 11 is 6.66. The van der Waals surface area contributed by atoms with Crippen LogP contribution in [0.3, 0.4) is 0 Å². The molecule has 0 bridgehead atoms. The number of halogens is 2. The molecule has 0 aliphatic carbocycles. The highest BCUT2D eigenvalue weighted by Crippen LogP contribution is 2.36. The van der Waals surface area contributed by atoms with Crippen LogP contribution < -0.4 is 4.74 Å². The molecule has 0 fully saturated rings. The number of nitrogens with zero attached hydrogens (tertiary/aromatic N) is 1. The molecule has 1 N–H and O–H groups in total. The molecule has 3 nitrogen and oxygen atoms in total. The molecule has 5 heteroatoms. The lowest BCUT2D eigenvalue weighted by atomic mass is 10.1. The van der Waals surface area contributed by atoms with Crippen LogP contribution in [0, 0.1) is 6.57 Å². The standard InChI is InChI=1S/C10H9Br2NO2/c1-13-5-9(14)7-3-6(11)4-8(12)10(7)15-2/h3-4,9,14H,5H2,2H3. The smallest absolute Gasteiger partial charge is 0.244 e. The third kappa shape index (κ3) is 2.94. The van der Waals surface area contributed by atoms with Crippen molar-refractivity contribution in [2.24, 2.45) is 0 Å². The lowest BCUT2D eigenvalue weighted by molar-refractivity contribution is 0.190. The molecule has 0 saturated carbocycles. The van der Waals surface area contributed by atoms with Crippen molar-refractivity contribution in [3.05, 3.63) is 38.1 Å². The number of methoxy groups -OCH3 is 1. The zero-order valence-electron chi connectivity index (χ0n) is 8.00. The minimum atomic E-state index is -0.828. The Kier molecular flexibility index (Phi) is 4.58. The molecule has 0 heterocycles. The van der Waals surface area contributed by atoms with E-state index in [0.717, 1.165) is 8.95 Å². The average molecular weight is 335 g/mol. The van der Waals surface area contributed by atoms with Crippen molar-refractivity contribution in [3.8, 4) is 5.75 Å². The second kappa shape index (κ2) is 5.50. The highest BCUT2D eigenvalue weighted by Gasteiger charge is 2.18. The van der Waals surface area contributed by atoms with Crippen molar-refractivity contribution in [1.29, 1.82) is 0 Å². The van der Waals surface area contributed by atoms with Crippen LogP contribution in [-0.4, -0.2) is 18.8 Å². The van der Waals surface area contributed by atoms with Gasteiger partial charge in [-0.15, -0.1) is 0 Å². The van der Waals surface area contributed by atoms with Gasteiger partial charge in [0.15, 0.2) is 6.10 Å². The lowest BCUT2D eigenvalue weighted by Gasteiger charge is -2.13. The topological polar surface area (TPSA) is 33.8 Å². The van der Waals surface area contributed by atoms with E-state index in [-0.39, 0.29) is 6.54 Å². The summed E-state index contributed by atoms with van der Waals surface area (Å²) in [5, 5.41) is 9.75. The van der Waals surface area contributed by atoms with Crippen molar-refractivity contribution >= 4 is 31.9 Å². The average Bonchev–Trinajstić information content (AvgIpc) is 2.17. The predicted octanol–water partition coefficient (Wildman–Crippen LogP) is 3.17. The van der Waals surface area contributed by atoms with Gasteiger partial charge in [-0.1, -0.05) is 15.9 Å². The molecule has 0 aromatic heterocycles. The molecule has 80 valence electrons. The van der Waals surface area contributed by atoms with Crippen LogP contribution in [0.1, 0.15) is 11.7 Å². The number of aliphatic hydroxyl groups is 1. The minimum absolute atomic E-state index is 0.0270. The van der Waals surface area contributed by atoms with Crippen LogP contribution in [0.5, 0.6) is 5.75 Å². The van der Waals surface area contributed by atoms with Gasteiger partial charge in [-0.3, -0.25) is 0 Å². The first-order valence-corrected chi connectivity index (χ1v) is 5.73. The van der Waals surface area contributed by atoms with Crippen LogP contribution in [0.25, 0.3) is 4.85 Å². The van der Waals surface area contributed by atoms with Gasteiger partial charge in [0.2, 0.25) is 6.54 Å². The molecule has 1 unspecified atom stereocenters. The molecule has 0 saturated heterocycles. The van der Waals surface area contributed by atoms with E-state index in [1.165, 1.54) is 7.11 Å². The Morgan fingerprint density at radius 2 is 2.20 bits per heavy atom. The molecule has 1 aromatic rings. The summed E-state index contributed by atoms with van der Waals surface area (Å²) in [6, 6.07) is 3.58. The van der Waals surface area contributed by atoms with E-state index < -0.39 is 6.10 Å². The fraction of sp³-hybridized carbons (Fsp3) is 0.300. The van der Waals surface area contributed by atoms with Crippen molar-refractivity contribution in [2.45, 2.75) is 6.10 Å². The number of benzene rings is 1. The quantitative estimate of drug-likeness (QED) is 0.861. The number of rotatable bonds is 3. The van der Waals surface area contributed by atoms with Crippen LogP contribution in [-0.2, 0) is 0 Å². The molecular weight excluding hydrogens is 326 g/mol. The highest BCUT2D eigenvalue weighted by molar-refractivity contribution is 9.11. The Morgan fingerprint density at radius 3 is 2.73 bits per heavy atom. The second-order valence-electron chi connectivity index (χ2n) is 2.87. The molecule has 15 heavy (non-hydrogen) atoms. The van der Waals surface area contributed by atoms with Crippen LogP contribution in [0.2, 0.25) is 0 Å². The van der Waals surface area contributed by atoms with E-state index in [4.69, 9.17) is 11.3 Å². The summed E-state index contributed by atoms with van der Waals surface area (Å²) in [5.41, 5.74) is 0.606. The van der Waals surface area contributed by atoms with Crippen LogP contribution in [0.4, 0.5) is 0 Å². The zero-order chi connectivity index (χ0) is 11.4. The van der Waals surface area contributed by atoms with E-state index in [0.29, 0.717) is 11.3 Å². The molecule has 1 aromatic carbocycles. The molecule has 0 amide bonds. The highest BCUT2D eigenvalue weighted by atomic mass is 79.9. The van der Waals surface area contributed by atoms with Crippen molar-refractivity contribution < 1.29 is 9.84 Å². The number of aliphatic hydroxyl groups excluding tert-OH is 1. The van der Waals surface area contributed by atoms with E-state index >= 15 is 0 Å². The van der Waals surface area contributed by atoms with Gasteiger partial charge in [0, 0.05) is 10.0 Å². The fourth-order valence-corrected chi connectivity index (χ4v) is 2.65. The predicted molar refractivity (Wildman–Crippen MR) is 64.8 cm³/mol. The minimum Gasteiger partial charge on any atom is -0.495 e. The number of hydrogen-bond donors (Lipinski definition) is 1. The third-order valence-electron chi connectivity index (χ3n) is 1.86. The Hall–Kier alpha value is -0.570. The third-order valence-corrected chi connectivity index (χ3v) is 2.91. The second-order valence-corrected chi connectivity index (χ2v) is 4.64. The maximum absolute atomic E-state index is 9.75. The molecule has 0 aliphatic heterocycles. The Labute approximate surface area is 105 Å². The summed E-state index contributed by atoms with van der Waals surface area (Å²) in [6.07, 6.45) is -0.828. The van der Waals surface area contributed by atoms with E-state index in [9.17, 15) is 5.11 Å². The van der Waals surface area contributed by atoms with E-state index in [1.807, 2.05) is 6.07 Å². The van der Waals surface area contributed by atoms with E-state index in [1.54, 1.807) is 6.07 Å². The molecular formula is C10H9Br2NO2. The maximum Gasteiger partial charge on any atom is 0.244 e. The Morgan fingerprint density at radius 1 is 1.53 bits per heavy atom. The van der Waals surface area contributed by atoms with E-state index in [2.05, 4.69) is 36.7 Å². The molecule has 0 radical (unpaired) electrons. The van der Waals surface area contributed by atoms with Crippen molar-refractivity contribution in [1.82, 2.24) is 0 Å². The van der Waals surface area contributed by atoms with Crippen molar-refractivity contribution in [3.63, 3.8) is 0 Å². The van der Waals surface area contributed by atoms with Gasteiger partial charge in [-0.05, 0) is 28.1 Å². The summed E-state index contributed by atoms with van der Waals surface area (Å²) in [6.45, 7) is 6.75. The van der Waals surface area contributed by atoms with Gasteiger partial charge in [0.1, 0.15) is 5.75 Å². The summed E-state index contributed by atoms with van der Waals surface area (Å²) in [7, 11) is 1.53. The number of hydrogen-bond acceptors (Lipinski definition) is 2. The lowest BCUT2D eigenvalue weighted by Crippen LogP contribution is -2.03. The van der Waals surface area contributed by atoms with Gasteiger partial charge >= 0.3 is 0 Å². The van der Waals surface area contributed by atoms with Gasteiger partial charge in [-0.2, -0.15) is 0 Å². The first-order valence-electron chi connectivity index (χ1n) is 4.14. The first-order chi connectivity index (χ1) is 7.10. The molecule has 0 spiro atoms. The Balaban J connectivity index is 3.20. The normalized spacial score (nSPS) is 11.9. The van der Waals surface area contributed by atoms with Gasteiger partial charge in [-0.25, -0.2) is 6.57 Å². The van der Waals surface area contributed by atoms with Crippen LogP contribution in [0.15, 0.2) is 21.1 Å². The number of ether oxygens (including phenoxy) is 1. The molecule has 1 rings (SSSR count). The van der Waals surface area contributed by atoms with Crippen molar-refractivity contribution in [2.75, 3.05) is 13.7 Å². The summed E-state index contributed by atoms with van der Waals surface area (Å²) < 4.78 is 6.74. The molecule has 1 atom stereocenters. The van der Waals surface area contributed by atoms with Crippen LogP contribution >= 0.6 is 31.9 Å². The van der Waals surface area contributed by atoms with Gasteiger partial charge < -0.3 is 14.7 Å². The summed E-state index contributed by atoms with van der Waals surface area (Å²) in [5.74, 6) is 0.564. The molecule has 0 aliphatic rings. The maximum atomic E-state index is 9.75. The Bertz CT molecular complexity index is 401. The van der Waals surface area contributed by atoms with Gasteiger partial charge in [0.25, 0.3) is 0 Å². The summed E-state index contributed by atoms with van der Waals surface area (Å²) in [4.78, 5) is 3.16.